The molecule has 14 heteroatoms. The van der Waals surface area contributed by atoms with Gasteiger partial charge in [-0.25, -0.2) is 22.7 Å². The summed E-state index contributed by atoms with van der Waals surface area (Å²) in [5, 5.41) is 1.12. The number of nitrogens with zero attached hydrogens (tertiary/aromatic N) is 3. The molecule has 150 valence electrons. The van der Waals surface area contributed by atoms with E-state index in [2.05, 4.69) is 24.4 Å². The standard InChI is InChI=1S/C14H15N5O5S4/c1-24-10(20)8-6-4-5-7-9(8)28(22,23)19-11(21)18-27-14-16-12(25-2)15-13(17-14)26-3/h4-7H,1-3H3,(H2,18,19,21). The third-order valence-corrected chi connectivity index (χ3v) is 6.12. The van der Waals surface area contributed by atoms with Crippen LogP contribution in [0.25, 0.3) is 0 Å². The number of aromatic nitrogens is 3. The van der Waals surface area contributed by atoms with Gasteiger partial charge >= 0.3 is 12.0 Å². The monoisotopic (exact) mass is 461 g/mol. The lowest BCUT2D eigenvalue weighted by atomic mass is 10.2. The number of thioether (sulfide) groups is 2. The van der Waals surface area contributed by atoms with Crippen LogP contribution in [0, 0.1) is 0 Å². The second kappa shape index (κ2) is 9.95. The topological polar surface area (TPSA) is 140 Å². The number of ether oxygens (including phenoxy) is 1. The van der Waals surface area contributed by atoms with Gasteiger partial charge in [0.25, 0.3) is 10.0 Å². The van der Waals surface area contributed by atoms with Crippen LogP contribution in [0.2, 0.25) is 0 Å². The number of carbonyl (C=O) groups is 2. The molecule has 0 bridgehead atoms. The molecule has 2 amide bonds. The highest BCUT2D eigenvalue weighted by molar-refractivity contribution is 7.99. The van der Waals surface area contributed by atoms with Gasteiger partial charge in [-0.1, -0.05) is 35.7 Å². The first-order valence-electron chi connectivity index (χ1n) is 7.31. The molecule has 0 saturated carbocycles. The lowest BCUT2D eigenvalue weighted by Gasteiger charge is -2.10. The van der Waals surface area contributed by atoms with Gasteiger partial charge in [0, 0.05) is 11.9 Å². The first kappa shape index (κ1) is 22.3. The van der Waals surface area contributed by atoms with Gasteiger partial charge in [-0.05, 0) is 24.6 Å². The van der Waals surface area contributed by atoms with Crippen molar-refractivity contribution in [2.24, 2.45) is 0 Å². The van der Waals surface area contributed by atoms with Crippen molar-refractivity contribution in [3.63, 3.8) is 0 Å². The van der Waals surface area contributed by atoms with E-state index < -0.39 is 22.0 Å². The van der Waals surface area contributed by atoms with E-state index in [4.69, 9.17) is 0 Å². The highest BCUT2D eigenvalue weighted by atomic mass is 32.2. The van der Waals surface area contributed by atoms with Crippen LogP contribution in [-0.2, 0) is 14.8 Å². The first-order valence-corrected chi connectivity index (χ1v) is 12.1. The molecule has 1 heterocycles. The minimum absolute atomic E-state index is 0.190. The maximum Gasteiger partial charge on any atom is 0.339 e. The molecular formula is C14H15N5O5S4. The number of sulfonamides is 1. The van der Waals surface area contributed by atoms with E-state index in [1.807, 2.05) is 4.72 Å². The molecule has 0 unspecified atom stereocenters. The molecule has 2 rings (SSSR count). The largest absolute Gasteiger partial charge is 0.465 e. The normalized spacial score (nSPS) is 11.0. The molecule has 28 heavy (non-hydrogen) atoms. The number of hydrogen-bond donors (Lipinski definition) is 2. The Balaban J connectivity index is 2.12. The van der Waals surface area contributed by atoms with Crippen molar-refractivity contribution in [3.8, 4) is 0 Å². The molecule has 1 aromatic heterocycles. The fourth-order valence-electron chi connectivity index (χ4n) is 1.82. The number of amides is 2. The molecule has 0 aliphatic rings. The maximum atomic E-state index is 12.5. The Labute approximate surface area is 174 Å². The minimum atomic E-state index is -4.31. The summed E-state index contributed by atoms with van der Waals surface area (Å²) in [7, 11) is -3.19. The van der Waals surface area contributed by atoms with E-state index >= 15 is 0 Å². The van der Waals surface area contributed by atoms with E-state index in [9.17, 15) is 18.0 Å². The fraction of sp³-hybridized carbons (Fsp3) is 0.214. The lowest BCUT2D eigenvalue weighted by molar-refractivity contribution is 0.0596. The number of rotatable bonds is 7. The zero-order valence-corrected chi connectivity index (χ0v) is 18.1. The summed E-state index contributed by atoms with van der Waals surface area (Å²) < 4.78 is 33.6. The molecule has 0 fully saturated rings. The number of urea groups is 1. The fourth-order valence-corrected chi connectivity index (χ4v) is 4.37. The first-order chi connectivity index (χ1) is 13.3. The molecule has 0 aliphatic heterocycles. The number of esters is 1. The quantitative estimate of drug-likeness (QED) is 0.354. The lowest BCUT2D eigenvalue weighted by Crippen LogP contribution is -2.37. The number of hydrogen-bond acceptors (Lipinski definition) is 11. The summed E-state index contributed by atoms with van der Waals surface area (Å²) in [5.41, 5.74) is -0.190. The van der Waals surface area contributed by atoms with Gasteiger partial charge in [-0.15, -0.1) is 0 Å². The van der Waals surface area contributed by atoms with Crippen LogP contribution in [0.3, 0.4) is 0 Å². The molecule has 10 nitrogen and oxygen atoms in total. The summed E-state index contributed by atoms with van der Waals surface area (Å²) in [5.74, 6) is -0.838. The van der Waals surface area contributed by atoms with Crippen LogP contribution in [0.1, 0.15) is 10.4 Å². The molecule has 2 N–H and O–H groups in total. The highest BCUT2D eigenvalue weighted by Gasteiger charge is 2.24. The third-order valence-electron chi connectivity index (χ3n) is 2.98. The summed E-state index contributed by atoms with van der Waals surface area (Å²) in [6.07, 6.45) is 3.58. The van der Waals surface area contributed by atoms with Crippen molar-refractivity contribution < 1.29 is 22.7 Å². The molecule has 0 spiro atoms. The average Bonchev–Trinajstić information content (AvgIpc) is 2.71. The predicted octanol–water partition coefficient (Wildman–Crippen LogP) is 1.80. The molecule has 1 aromatic carbocycles. The Morgan fingerprint density at radius 3 is 2.14 bits per heavy atom. The summed E-state index contributed by atoms with van der Waals surface area (Å²) in [6.45, 7) is 0. The van der Waals surface area contributed by atoms with Gasteiger partial charge in [-0.3, -0.25) is 4.72 Å². The molecule has 0 saturated heterocycles. The number of methoxy groups -OCH3 is 1. The van der Waals surface area contributed by atoms with Crippen molar-refractivity contribution in [3.05, 3.63) is 29.8 Å². The number of carbonyl (C=O) groups excluding carboxylic acids is 2. The van der Waals surface area contributed by atoms with Gasteiger partial charge in [0.05, 0.1) is 12.7 Å². The number of nitrogens with one attached hydrogen (secondary N) is 2. The van der Waals surface area contributed by atoms with Crippen LogP contribution in [0.15, 0.2) is 44.6 Å². The average molecular weight is 462 g/mol. The summed E-state index contributed by atoms with van der Waals surface area (Å²) in [6, 6.07) is 4.35. The summed E-state index contributed by atoms with van der Waals surface area (Å²) in [4.78, 5) is 35.8. The van der Waals surface area contributed by atoms with Gasteiger partial charge < -0.3 is 4.74 Å². The van der Waals surface area contributed by atoms with Gasteiger partial charge in [0.15, 0.2) is 10.3 Å². The summed E-state index contributed by atoms with van der Waals surface area (Å²) >= 11 is 3.34. The smallest absolute Gasteiger partial charge is 0.339 e. The van der Waals surface area contributed by atoms with E-state index in [0.29, 0.717) is 10.3 Å². The van der Waals surface area contributed by atoms with Crippen molar-refractivity contribution in [2.45, 2.75) is 20.4 Å². The Bertz CT molecular complexity index is 964. The van der Waals surface area contributed by atoms with Gasteiger partial charge in [0.2, 0.25) is 5.16 Å². The molecule has 0 aliphatic carbocycles. The molecule has 0 radical (unpaired) electrons. The van der Waals surface area contributed by atoms with E-state index in [1.165, 1.54) is 47.8 Å². The predicted molar refractivity (Wildman–Crippen MR) is 106 cm³/mol. The second-order valence-electron chi connectivity index (χ2n) is 4.72. The zero-order valence-electron chi connectivity index (χ0n) is 14.8. The Morgan fingerprint density at radius 2 is 1.57 bits per heavy atom. The van der Waals surface area contributed by atoms with Crippen LogP contribution < -0.4 is 9.44 Å². The van der Waals surface area contributed by atoms with Crippen molar-refractivity contribution >= 4 is 57.5 Å². The zero-order chi connectivity index (χ0) is 20.7. The Kier molecular flexibility index (Phi) is 7.91. The third kappa shape index (κ3) is 5.73. The van der Waals surface area contributed by atoms with E-state index in [-0.39, 0.29) is 15.6 Å². The Morgan fingerprint density at radius 1 is 1.00 bits per heavy atom. The van der Waals surface area contributed by atoms with Crippen LogP contribution in [0.5, 0.6) is 0 Å². The van der Waals surface area contributed by atoms with Crippen molar-refractivity contribution in [1.82, 2.24) is 24.4 Å². The van der Waals surface area contributed by atoms with Crippen molar-refractivity contribution in [1.29, 1.82) is 0 Å². The van der Waals surface area contributed by atoms with E-state index in [1.54, 1.807) is 12.5 Å². The SMILES string of the molecule is COC(=O)c1ccccc1S(=O)(=O)NC(=O)NSc1nc(SC)nc(SC)n1. The molecule has 2 aromatic rings. The van der Waals surface area contributed by atoms with Crippen LogP contribution >= 0.6 is 35.5 Å². The van der Waals surface area contributed by atoms with Crippen molar-refractivity contribution in [2.75, 3.05) is 19.6 Å². The molecule has 0 atom stereocenters. The molecular weight excluding hydrogens is 446 g/mol. The minimum Gasteiger partial charge on any atom is -0.465 e. The van der Waals surface area contributed by atoms with Gasteiger partial charge in [-0.2, -0.15) is 15.0 Å². The highest BCUT2D eigenvalue weighted by Crippen LogP contribution is 2.19. The van der Waals surface area contributed by atoms with Gasteiger partial charge in [0.1, 0.15) is 4.90 Å². The van der Waals surface area contributed by atoms with Crippen LogP contribution in [-0.4, -0.2) is 55.0 Å². The Hall–Kier alpha value is -2.03. The second-order valence-corrected chi connectivity index (χ2v) is 8.69. The maximum absolute atomic E-state index is 12.5. The number of benzene rings is 1. The van der Waals surface area contributed by atoms with E-state index in [0.717, 1.165) is 19.1 Å². The van der Waals surface area contributed by atoms with Crippen LogP contribution in [0.4, 0.5) is 4.79 Å².